The van der Waals surface area contributed by atoms with Crippen LogP contribution in [-0.2, 0) is 0 Å². The molecule has 86 valence electrons. The Morgan fingerprint density at radius 1 is 1.25 bits per heavy atom. The van der Waals surface area contributed by atoms with Gasteiger partial charge in [0.1, 0.15) is 11.8 Å². The maximum atomic E-state index is 8.64. The number of hydrogen-bond donors (Lipinski definition) is 1. The topological polar surface area (TPSA) is 66.1 Å². The summed E-state index contributed by atoms with van der Waals surface area (Å²) in [5.41, 5.74) is 0.373. The van der Waals surface area contributed by atoms with Gasteiger partial charge in [-0.15, -0.1) is 0 Å². The summed E-state index contributed by atoms with van der Waals surface area (Å²) in [5, 5.41) is 17.2. The van der Waals surface area contributed by atoms with Gasteiger partial charge in [0.15, 0.2) is 0 Å². The van der Waals surface area contributed by atoms with Gasteiger partial charge < -0.3 is 9.84 Å². The quantitative estimate of drug-likeness (QED) is 0.712. The molecule has 0 radical (unpaired) electrons. The van der Waals surface area contributed by atoms with Crippen molar-refractivity contribution in [1.29, 1.82) is 5.26 Å². The van der Waals surface area contributed by atoms with Gasteiger partial charge in [-0.05, 0) is 25.3 Å². The van der Waals surface area contributed by atoms with E-state index in [9.17, 15) is 0 Å². The average Bonchev–Trinajstić information content (AvgIpc) is 2.34. The minimum Gasteiger partial charge on any atom is -0.478 e. The molecule has 0 spiro atoms. The first-order valence-electron chi connectivity index (χ1n) is 5.47. The van der Waals surface area contributed by atoms with Crippen LogP contribution in [0.3, 0.4) is 0 Å². The highest BCUT2D eigenvalue weighted by molar-refractivity contribution is 5.24. The molecule has 1 aromatic heterocycles. The van der Waals surface area contributed by atoms with Gasteiger partial charge in [-0.1, -0.05) is 12.5 Å². The smallest absolute Gasteiger partial charge is 0.214 e. The van der Waals surface area contributed by atoms with Crippen LogP contribution in [0.25, 0.3) is 0 Å². The van der Waals surface area contributed by atoms with Crippen LogP contribution in [0.2, 0.25) is 0 Å². The van der Waals surface area contributed by atoms with Gasteiger partial charge in [0, 0.05) is 12.7 Å². The van der Waals surface area contributed by atoms with E-state index >= 15 is 0 Å². The Morgan fingerprint density at radius 3 is 2.81 bits per heavy atom. The van der Waals surface area contributed by atoms with Gasteiger partial charge in [0.05, 0.1) is 6.61 Å². The van der Waals surface area contributed by atoms with Crippen molar-refractivity contribution in [2.45, 2.75) is 25.7 Å². The van der Waals surface area contributed by atoms with Crippen LogP contribution >= 0.6 is 0 Å². The first-order valence-corrected chi connectivity index (χ1v) is 5.47. The number of pyridine rings is 1. The predicted molar refractivity (Wildman–Crippen MR) is 60.0 cm³/mol. The highest BCUT2D eigenvalue weighted by atomic mass is 16.5. The lowest BCUT2D eigenvalue weighted by molar-refractivity contribution is 0.270. The van der Waals surface area contributed by atoms with Gasteiger partial charge in [0.25, 0.3) is 0 Å². The number of ether oxygens (including phenoxy) is 1. The van der Waals surface area contributed by atoms with E-state index in [4.69, 9.17) is 15.1 Å². The van der Waals surface area contributed by atoms with Crippen LogP contribution in [0.5, 0.6) is 5.88 Å². The van der Waals surface area contributed by atoms with Crippen molar-refractivity contribution in [1.82, 2.24) is 4.98 Å². The van der Waals surface area contributed by atoms with Gasteiger partial charge in [-0.2, -0.15) is 5.26 Å². The van der Waals surface area contributed by atoms with Crippen LogP contribution < -0.4 is 4.74 Å². The first-order chi connectivity index (χ1) is 7.86. The molecule has 1 N–H and O–H groups in total. The van der Waals surface area contributed by atoms with E-state index in [1.807, 2.05) is 6.07 Å². The highest BCUT2D eigenvalue weighted by Crippen LogP contribution is 2.08. The van der Waals surface area contributed by atoms with E-state index in [-0.39, 0.29) is 6.61 Å². The van der Waals surface area contributed by atoms with Crippen molar-refractivity contribution in [2.24, 2.45) is 0 Å². The molecule has 16 heavy (non-hydrogen) atoms. The van der Waals surface area contributed by atoms with Gasteiger partial charge in [-0.3, -0.25) is 0 Å². The molecule has 0 aliphatic carbocycles. The molecule has 0 bridgehead atoms. The molecule has 0 aliphatic rings. The molecule has 0 aromatic carbocycles. The van der Waals surface area contributed by atoms with E-state index in [2.05, 4.69) is 4.98 Å². The number of aliphatic hydroxyl groups excluding tert-OH is 1. The standard InChI is InChI=1S/C12H16N2O2/c13-10-11-6-5-7-12(14-11)16-9-4-2-1-3-8-15/h5-7,15H,1-4,8-9H2. The molecule has 0 saturated carbocycles. The fourth-order valence-electron chi connectivity index (χ4n) is 1.30. The number of aliphatic hydroxyl groups is 1. The summed E-state index contributed by atoms with van der Waals surface area (Å²) in [4.78, 5) is 4.00. The summed E-state index contributed by atoms with van der Waals surface area (Å²) < 4.78 is 5.40. The molecule has 0 amide bonds. The van der Waals surface area contributed by atoms with Crippen molar-refractivity contribution in [2.75, 3.05) is 13.2 Å². The zero-order chi connectivity index (χ0) is 11.6. The van der Waals surface area contributed by atoms with Crippen LogP contribution in [0, 0.1) is 11.3 Å². The Morgan fingerprint density at radius 2 is 2.06 bits per heavy atom. The number of hydrogen-bond acceptors (Lipinski definition) is 4. The van der Waals surface area contributed by atoms with Crippen molar-refractivity contribution < 1.29 is 9.84 Å². The van der Waals surface area contributed by atoms with E-state index < -0.39 is 0 Å². The third-order valence-electron chi connectivity index (χ3n) is 2.14. The molecule has 1 heterocycles. The predicted octanol–water partition coefficient (Wildman–Crippen LogP) is 1.88. The van der Waals surface area contributed by atoms with Gasteiger partial charge in [0.2, 0.25) is 5.88 Å². The third-order valence-corrected chi connectivity index (χ3v) is 2.14. The van der Waals surface area contributed by atoms with Gasteiger partial charge >= 0.3 is 0 Å². The monoisotopic (exact) mass is 220 g/mol. The molecule has 0 aliphatic heterocycles. The summed E-state index contributed by atoms with van der Waals surface area (Å²) in [5.74, 6) is 0.501. The second-order valence-corrected chi connectivity index (χ2v) is 3.46. The molecule has 0 unspecified atom stereocenters. The zero-order valence-corrected chi connectivity index (χ0v) is 9.22. The second-order valence-electron chi connectivity index (χ2n) is 3.46. The number of unbranched alkanes of at least 4 members (excludes halogenated alkanes) is 3. The van der Waals surface area contributed by atoms with Crippen molar-refractivity contribution in [3.63, 3.8) is 0 Å². The highest BCUT2D eigenvalue weighted by Gasteiger charge is 1.97. The van der Waals surface area contributed by atoms with Gasteiger partial charge in [-0.25, -0.2) is 4.98 Å². The number of aromatic nitrogens is 1. The Hall–Kier alpha value is -1.60. The molecule has 4 nitrogen and oxygen atoms in total. The SMILES string of the molecule is N#Cc1cccc(OCCCCCCO)n1. The van der Waals surface area contributed by atoms with Crippen LogP contribution in [-0.4, -0.2) is 23.3 Å². The van der Waals surface area contributed by atoms with Crippen LogP contribution in [0.1, 0.15) is 31.4 Å². The number of nitriles is 1. The lowest BCUT2D eigenvalue weighted by atomic mass is 10.2. The Balaban J connectivity index is 2.19. The minimum atomic E-state index is 0.257. The molecule has 1 rings (SSSR count). The summed E-state index contributed by atoms with van der Waals surface area (Å²) in [6, 6.07) is 7.11. The van der Waals surface area contributed by atoms with Crippen LogP contribution in [0.4, 0.5) is 0 Å². The lowest BCUT2D eigenvalue weighted by Crippen LogP contribution is -1.99. The molecule has 4 heteroatoms. The Kier molecular flexibility index (Phi) is 5.97. The zero-order valence-electron chi connectivity index (χ0n) is 9.22. The summed E-state index contributed by atoms with van der Waals surface area (Å²) >= 11 is 0. The summed E-state index contributed by atoms with van der Waals surface area (Å²) in [6.45, 7) is 0.861. The number of rotatable bonds is 7. The van der Waals surface area contributed by atoms with Crippen LogP contribution in [0.15, 0.2) is 18.2 Å². The lowest BCUT2D eigenvalue weighted by Gasteiger charge is -2.04. The van der Waals surface area contributed by atoms with Crippen molar-refractivity contribution in [3.05, 3.63) is 23.9 Å². The summed E-state index contributed by atoms with van der Waals surface area (Å²) in [7, 11) is 0. The fourth-order valence-corrected chi connectivity index (χ4v) is 1.30. The van der Waals surface area contributed by atoms with Crippen molar-refractivity contribution >= 4 is 0 Å². The van der Waals surface area contributed by atoms with Crippen molar-refractivity contribution in [3.8, 4) is 11.9 Å². The van der Waals surface area contributed by atoms with E-state index in [1.54, 1.807) is 18.2 Å². The molecule has 0 saturated heterocycles. The fraction of sp³-hybridized carbons (Fsp3) is 0.500. The minimum absolute atomic E-state index is 0.257. The first kappa shape index (κ1) is 12.5. The Bertz CT molecular complexity index is 347. The molecule has 1 aromatic rings. The van der Waals surface area contributed by atoms with E-state index in [0.717, 1.165) is 25.7 Å². The molecular formula is C12H16N2O2. The maximum Gasteiger partial charge on any atom is 0.214 e. The average molecular weight is 220 g/mol. The molecule has 0 fully saturated rings. The summed E-state index contributed by atoms with van der Waals surface area (Å²) in [6.07, 6.45) is 3.85. The largest absolute Gasteiger partial charge is 0.478 e. The molecule has 0 atom stereocenters. The molecular weight excluding hydrogens is 204 g/mol. The Labute approximate surface area is 95.5 Å². The maximum absolute atomic E-state index is 8.64. The van der Waals surface area contributed by atoms with E-state index in [0.29, 0.717) is 18.2 Å². The second kappa shape index (κ2) is 7.66. The van der Waals surface area contributed by atoms with E-state index in [1.165, 1.54) is 0 Å². The normalized spacial score (nSPS) is 9.75. The third kappa shape index (κ3) is 4.76. The number of nitrogens with zero attached hydrogens (tertiary/aromatic N) is 2.